The first-order valence-electron chi connectivity index (χ1n) is 7.52. The summed E-state index contributed by atoms with van der Waals surface area (Å²) in [5, 5.41) is 0. The molecular formula is C15H30N2O. The monoisotopic (exact) mass is 254 g/mol. The van der Waals surface area contributed by atoms with Gasteiger partial charge in [-0.05, 0) is 45.2 Å². The quantitative estimate of drug-likeness (QED) is 0.836. The molecule has 2 fully saturated rings. The second kappa shape index (κ2) is 5.10. The highest BCUT2D eigenvalue weighted by atomic mass is 16.5. The molecule has 1 saturated carbocycles. The standard InChI is InChI=1S/C15H30N2O/c1-5-18-13-10-15(16,14(13,3)4)11-17-8-6-12(2)7-9-17/h12-13H,5-11,16H2,1-4H3. The van der Waals surface area contributed by atoms with Gasteiger partial charge in [0.2, 0.25) is 0 Å². The summed E-state index contributed by atoms with van der Waals surface area (Å²) in [4.78, 5) is 2.56. The Morgan fingerprint density at radius 2 is 1.89 bits per heavy atom. The van der Waals surface area contributed by atoms with Gasteiger partial charge in [0.25, 0.3) is 0 Å². The number of hydrogen-bond donors (Lipinski definition) is 1. The van der Waals surface area contributed by atoms with Gasteiger partial charge in [-0.1, -0.05) is 20.8 Å². The molecule has 106 valence electrons. The zero-order valence-corrected chi connectivity index (χ0v) is 12.5. The molecule has 1 aliphatic heterocycles. The maximum absolute atomic E-state index is 6.65. The first-order valence-corrected chi connectivity index (χ1v) is 7.52. The van der Waals surface area contributed by atoms with Crippen molar-refractivity contribution in [2.45, 2.75) is 58.6 Å². The van der Waals surface area contributed by atoms with E-state index in [-0.39, 0.29) is 11.0 Å². The molecule has 0 bridgehead atoms. The molecule has 18 heavy (non-hydrogen) atoms. The van der Waals surface area contributed by atoms with Crippen molar-refractivity contribution in [3.63, 3.8) is 0 Å². The topological polar surface area (TPSA) is 38.5 Å². The molecule has 3 nitrogen and oxygen atoms in total. The Labute approximate surface area is 112 Å². The summed E-state index contributed by atoms with van der Waals surface area (Å²) in [5.41, 5.74) is 6.69. The van der Waals surface area contributed by atoms with Crippen LogP contribution in [-0.2, 0) is 4.74 Å². The lowest BCUT2D eigenvalue weighted by molar-refractivity contribution is -0.157. The summed E-state index contributed by atoms with van der Waals surface area (Å²) in [7, 11) is 0. The minimum absolute atomic E-state index is 0.0621. The number of nitrogens with two attached hydrogens (primary N) is 1. The minimum Gasteiger partial charge on any atom is -0.378 e. The van der Waals surface area contributed by atoms with Crippen LogP contribution >= 0.6 is 0 Å². The molecule has 2 rings (SSSR count). The largest absolute Gasteiger partial charge is 0.378 e. The van der Waals surface area contributed by atoms with Gasteiger partial charge in [0.05, 0.1) is 6.10 Å². The highest BCUT2D eigenvalue weighted by molar-refractivity contribution is 5.14. The predicted octanol–water partition coefficient (Wildman–Crippen LogP) is 2.25. The molecular weight excluding hydrogens is 224 g/mol. The van der Waals surface area contributed by atoms with Crippen LogP contribution in [0.25, 0.3) is 0 Å². The molecule has 1 aliphatic carbocycles. The number of ether oxygens (including phenoxy) is 1. The van der Waals surface area contributed by atoms with Crippen LogP contribution in [0.3, 0.4) is 0 Å². The van der Waals surface area contributed by atoms with E-state index in [1.807, 2.05) is 0 Å². The van der Waals surface area contributed by atoms with Gasteiger partial charge in [-0.25, -0.2) is 0 Å². The Bertz CT molecular complexity index is 284. The van der Waals surface area contributed by atoms with Crippen molar-refractivity contribution in [1.29, 1.82) is 0 Å². The zero-order valence-electron chi connectivity index (χ0n) is 12.5. The van der Waals surface area contributed by atoms with Crippen molar-refractivity contribution in [1.82, 2.24) is 4.90 Å². The number of piperidine rings is 1. The van der Waals surface area contributed by atoms with Crippen LogP contribution in [0.4, 0.5) is 0 Å². The molecule has 0 aromatic rings. The van der Waals surface area contributed by atoms with Crippen molar-refractivity contribution in [3.05, 3.63) is 0 Å². The summed E-state index contributed by atoms with van der Waals surface area (Å²) in [6.45, 7) is 13.2. The summed E-state index contributed by atoms with van der Waals surface area (Å²) in [6, 6.07) is 0. The molecule has 0 amide bonds. The Morgan fingerprint density at radius 3 is 2.39 bits per heavy atom. The normalized spacial score (nSPS) is 37.5. The Balaban J connectivity index is 1.89. The third-order valence-corrected chi connectivity index (χ3v) is 5.39. The van der Waals surface area contributed by atoms with Crippen molar-refractivity contribution in [2.24, 2.45) is 17.1 Å². The lowest BCUT2D eigenvalue weighted by atomic mass is 9.54. The Hall–Kier alpha value is -0.120. The van der Waals surface area contributed by atoms with E-state index in [9.17, 15) is 0 Å². The number of rotatable bonds is 4. The lowest BCUT2D eigenvalue weighted by Crippen LogP contribution is -2.73. The molecule has 1 saturated heterocycles. The van der Waals surface area contributed by atoms with Crippen LogP contribution in [0.5, 0.6) is 0 Å². The smallest absolute Gasteiger partial charge is 0.0662 e. The molecule has 0 aromatic carbocycles. The van der Waals surface area contributed by atoms with E-state index < -0.39 is 0 Å². The van der Waals surface area contributed by atoms with E-state index >= 15 is 0 Å². The van der Waals surface area contributed by atoms with Gasteiger partial charge >= 0.3 is 0 Å². The van der Waals surface area contributed by atoms with Gasteiger partial charge in [0.15, 0.2) is 0 Å². The van der Waals surface area contributed by atoms with Crippen molar-refractivity contribution in [3.8, 4) is 0 Å². The first-order chi connectivity index (χ1) is 8.39. The maximum atomic E-state index is 6.65. The van der Waals surface area contributed by atoms with Crippen LogP contribution in [0.15, 0.2) is 0 Å². The van der Waals surface area contributed by atoms with Crippen LogP contribution in [0, 0.1) is 11.3 Å². The molecule has 0 radical (unpaired) electrons. The predicted molar refractivity (Wildman–Crippen MR) is 75.6 cm³/mol. The maximum Gasteiger partial charge on any atom is 0.0662 e. The number of likely N-dealkylation sites (tertiary alicyclic amines) is 1. The van der Waals surface area contributed by atoms with Crippen LogP contribution in [0.2, 0.25) is 0 Å². The molecule has 2 N–H and O–H groups in total. The highest BCUT2D eigenvalue weighted by Crippen LogP contribution is 2.50. The first kappa shape index (κ1) is 14.3. The van der Waals surface area contributed by atoms with E-state index in [1.54, 1.807) is 0 Å². The summed E-state index contributed by atoms with van der Waals surface area (Å²) in [5.74, 6) is 0.889. The van der Waals surface area contributed by atoms with Crippen LogP contribution < -0.4 is 5.73 Å². The SMILES string of the molecule is CCOC1CC(N)(CN2CCC(C)CC2)C1(C)C. The van der Waals surface area contributed by atoms with E-state index in [4.69, 9.17) is 10.5 Å². The minimum atomic E-state index is -0.0621. The fourth-order valence-corrected chi connectivity index (χ4v) is 3.39. The number of hydrogen-bond acceptors (Lipinski definition) is 3. The lowest BCUT2D eigenvalue weighted by Gasteiger charge is -2.60. The molecule has 1 heterocycles. The summed E-state index contributed by atoms with van der Waals surface area (Å²) in [6.07, 6.45) is 4.01. The highest BCUT2D eigenvalue weighted by Gasteiger charge is 2.58. The van der Waals surface area contributed by atoms with Gasteiger partial charge in [-0.15, -0.1) is 0 Å². The fourth-order valence-electron chi connectivity index (χ4n) is 3.39. The molecule has 3 heteroatoms. The average Bonchev–Trinajstić information content (AvgIpc) is 2.32. The molecule has 2 aliphatic rings. The van der Waals surface area contributed by atoms with E-state index in [0.29, 0.717) is 6.10 Å². The van der Waals surface area contributed by atoms with Gasteiger partial charge in [0.1, 0.15) is 0 Å². The van der Waals surface area contributed by atoms with Gasteiger partial charge < -0.3 is 15.4 Å². The Morgan fingerprint density at radius 1 is 1.28 bits per heavy atom. The van der Waals surface area contributed by atoms with E-state index in [0.717, 1.165) is 25.5 Å². The fraction of sp³-hybridized carbons (Fsp3) is 1.00. The zero-order chi connectivity index (χ0) is 13.4. The van der Waals surface area contributed by atoms with E-state index in [2.05, 4.69) is 32.6 Å². The molecule has 0 aromatic heterocycles. The summed E-state index contributed by atoms with van der Waals surface area (Å²) < 4.78 is 5.80. The Kier molecular flexibility index (Phi) is 4.05. The number of nitrogens with zero attached hydrogens (tertiary/aromatic N) is 1. The average molecular weight is 254 g/mol. The molecule has 0 spiro atoms. The van der Waals surface area contributed by atoms with E-state index in [1.165, 1.54) is 25.9 Å². The van der Waals surface area contributed by atoms with Gasteiger partial charge in [-0.2, -0.15) is 0 Å². The third kappa shape index (κ3) is 2.45. The van der Waals surface area contributed by atoms with Gasteiger partial charge in [0, 0.05) is 24.1 Å². The second-order valence-electron chi connectivity index (χ2n) is 6.98. The summed E-state index contributed by atoms with van der Waals surface area (Å²) >= 11 is 0. The second-order valence-corrected chi connectivity index (χ2v) is 6.98. The van der Waals surface area contributed by atoms with Crippen molar-refractivity contribution < 1.29 is 4.74 Å². The van der Waals surface area contributed by atoms with Crippen LogP contribution in [-0.4, -0.2) is 42.8 Å². The van der Waals surface area contributed by atoms with Crippen molar-refractivity contribution in [2.75, 3.05) is 26.2 Å². The van der Waals surface area contributed by atoms with Crippen molar-refractivity contribution >= 4 is 0 Å². The third-order valence-electron chi connectivity index (χ3n) is 5.39. The van der Waals surface area contributed by atoms with Crippen LogP contribution in [0.1, 0.15) is 47.0 Å². The molecule has 2 atom stereocenters. The van der Waals surface area contributed by atoms with Gasteiger partial charge in [-0.3, -0.25) is 0 Å². The molecule has 2 unspecified atom stereocenters.